The summed E-state index contributed by atoms with van der Waals surface area (Å²) in [5, 5.41) is 3.51. The summed E-state index contributed by atoms with van der Waals surface area (Å²) in [6.45, 7) is 1.96. The fraction of sp³-hybridized carbons (Fsp3) is 0.133. The van der Waals surface area contributed by atoms with Gasteiger partial charge in [-0.2, -0.15) is 0 Å². The number of amides is 1. The number of rotatable bonds is 4. The van der Waals surface area contributed by atoms with Crippen LogP contribution in [0, 0.1) is 6.92 Å². The second-order valence-electron chi connectivity index (χ2n) is 4.46. The first-order valence-corrected chi connectivity index (χ1v) is 7.94. The van der Waals surface area contributed by atoms with Crippen LogP contribution in [0.5, 0.6) is 0 Å². The molecule has 0 unspecified atom stereocenters. The number of nitrogens with one attached hydrogen (secondary N) is 1. The first-order valence-electron chi connectivity index (χ1n) is 6.20. The molecule has 1 amide bonds. The standard InChI is InChI=1S/C15H14Cl2N2OS/c1-9-7-10(18)5-6-13(9)21-8-14(20)19-12-4-2-3-11(16)15(12)17/h2-7H,8,18H2,1H3,(H,19,20). The van der Waals surface area contributed by atoms with Crippen molar-refractivity contribution in [3.63, 3.8) is 0 Å². The van der Waals surface area contributed by atoms with Crippen molar-refractivity contribution in [2.75, 3.05) is 16.8 Å². The van der Waals surface area contributed by atoms with Crippen molar-refractivity contribution in [3.8, 4) is 0 Å². The van der Waals surface area contributed by atoms with Gasteiger partial charge in [-0.15, -0.1) is 11.8 Å². The smallest absolute Gasteiger partial charge is 0.234 e. The summed E-state index contributed by atoms with van der Waals surface area (Å²) in [6, 6.07) is 10.7. The molecule has 0 heterocycles. The molecule has 0 fully saturated rings. The van der Waals surface area contributed by atoms with E-state index in [2.05, 4.69) is 5.32 Å². The van der Waals surface area contributed by atoms with Gasteiger partial charge < -0.3 is 11.1 Å². The first kappa shape index (κ1) is 16.0. The van der Waals surface area contributed by atoms with Gasteiger partial charge in [0.2, 0.25) is 5.91 Å². The summed E-state index contributed by atoms with van der Waals surface area (Å²) in [7, 11) is 0. The predicted octanol–water partition coefficient (Wildman–Crippen LogP) is 4.61. The van der Waals surface area contributed by atoms with Crippen LogP contribution in [-0.2, 0) is 4.79 Å². The normalized spacial score (nSPS) is 10.4. The summed E-state index contributed by atoms with van der Waals surface area (Å²) in [5.41, 5.74) is 7.98. The fourth-order valence-corrected chi connectivity index (χ4v) is 2.92. The average molecular weight is 341 g/mol. The van der Waals surface area contributed by atoms with E-state index in [1.807, 2.05) is 25.1 Å². The van der Waals surface area contributed by atoms with Crippen molar-refractivity contribution < 1.29 is 4.79 Å². The van der Waals surface area contributed by atoms with E-state index in [-0.39, 0.29) is 11.7 Å². The Bertz CT molecular complexity index is 677. The van der Waals surface area contributed by atoms with Gasteiger partial charge in [0.15, 0.2) is 0 Å². The number of nitrogens with two attached hydrogens (primary N) is 1. The Balaban J connectivity index is 1.97. The van der Waals surface area contributed by atoms with E-state index < -0.39 is 0 Å². The largest absolute Gasteiger partial charge is 0.399 e. The number of aryl methyl sites for hydroxylation is 1. The minimum absolute atomic E-state index is 0.139. The van der Waals surface area contributed by atoms with Gasteiger partial charge in [0.25, 0.3) is 0 Å². The minimum Gasteiger partial charge on any atom is -0.399 e. The molecule has 0 bridgehead atoms. The number of hydrogen-bond acceptors (Lipinski definition) is 3. The van der Waals surface area contributed by atoms with Crippen LogP contribution in [0.15, 0.2) is 41.3 Å². The van der Waals surface area contributed by atoms with Crippen molar-refractivity contribution in [1.29, 1.82) is 0 Å². The van der Waals surface area contributed by atoms with Gasteiger partial charge in [-0.25, -0.2) is 0 Å². The van der Waals surface area contributed by atoms with Crippen LogP contribution >= 0.6 is 35.0 Å². The Kier molecular flexibility index (Phi) is 5.39. The lowest BCUT2D eigenvalue weighted by molar-refractivity contribution is -0.113. The van der Waals surface area contributed by atoms with E-state index >= 15 is 0 Å². The van der Waals surface area contributed by atoms with Crippen LogP contribution < -0.4 is 11.1 Å². The molecule has 21 heavy (non-hydrogen) atoms. The molecule has 0 radical (unpaired) electrons. The molecule has 3 nitrogen and oxygen atoms in total. The van der Waals surface area contributed by atoms with Crippen LogP contribution in [0.25, 0.3) is 0 Å². The number of benzene rings is 2. The van der Waals surface area contributed by atoms with Crippen LogP contribution in [0.4, 0.5) is 11.4 Å². The molecule has 2 aromatic carbocycles. The van der Waals surface area contributed by atoms with Gasteiger partial charge in [-0.1, -0.05) is 29.3 Å². The van der Waals surface area contributed by atoms with Crippen LogP contribution in [0.2, 0.25) is 10.0 Å². The maximum Gasteiger partial charge on any atom is 0.234 e. The molecule has 0 aliphatic rings. The molecule has 2 aromatic rings. The van der Waals surface area contributed by atoms with Crippen LogP contribution in [-0.4, -0.2) is 11.7 Å². The number of thioether (sulfide) groups is 1. The summed E-state index contributed by atoms with van der Waals surface area (Å²) >= 11 is 13.4. The molecule has 2 rings (SSSR count). The monoisotopic (exact) mass is 340 g/mol. The van der Waals surface area contributed by atoms with Crippen molar-refractivity contribution >= 4 is 52.2 Å². The zero-order valence-corrected chi connectivity index (χ0v) is 13.6. The van der Waals surface area contributed by atoms with E-state index in [4.69, 9.17) is 28.9 Å². The lowest BCUT2D eigenvalue weighted by atomic mass is 10.2. The number of hydrogen-bond donors (Lipinski definition) is 2. The van der Waals surface area contributed by atoms with Crippen LogP contribution in [0.1, 0.15) is 5.56 Å². The second kappa shape index (κ2) is 7.07. The van der Waals surface area contributed by atoms with E-state index in [9.17, 15) is 4.79 Å². The van der Waals surface area contributed by atoms with Crippen LogP contribution in [0.3, 0.4) is 0 Å². The molecule has 0 aliphatic carbocycles. The van der Waals surface area contributed by atoms with Crippen molar-refractivity contribution in [2.24, 2.45) is 0 Å². The SMILES string of the molecule is Cc1cc(N)ccc1SCC(=O)Nc1cccc(Cl)c1Cl. The zero-order chi connectivity index (χ0) is 15.4. The molecule has 0 spiro atoms. The third-order valence-corrected chi connectivity index (χ3v) is 4.78. The maximum absolute atomic E-state index is 12.0. The summed E-state index contributed by atoms with van der Waals surface area (Å²) in [4.78, 5) is 13.0. The Morgan fingerprint density at radius 3 is 2.76 bits per heavy atom. The van der Waals surface area contributed by atoms with Crippen molar-refractivity contribution in [2.45, 2.75) is 11.8 Å². The van der Waals surface area contributed by atoms with E-state index in [0.29, 0.717) is 21.4 Å². The van der Waals surface area contributed by atoms with Crippen molar-refractivity contribution in [3.05, 3.63) is 52.0 Å². The number of anilines is 2. The highest BCUT2D eigenvalue weighted by molar-refractivity contribution is 8.00. The summed E-state index contributed by atoms with van der Waals surface area (Å²) in [5.74, 6) is 0.147. The Morgan fingerprint density at radius 2 is 2.05 bits per heavy atom. The van der Waals surface area contributed by atoms with Gasteiger partial charge >= 0.3 is 0 Å². The Labute approximate surface area is 137 Å². The molecule has 6 heteroatoms. The Hall–Kier alpha value is -1.36. The van der Waals surface area contributed by atoms with E-state index in [1.165, 1.54) is 11.8 Å². The molecule has 3 N–H and O–H groups in total. The topological polar surface area (TPSA) is 55.1 Å². The third-order valence-electron chi connectivity index (χ3n) is 2.78. The molecule has 0 aromatic heterocycles. The van der Waals surface area contributed by atoms with Gasteiger partial charge in [0.05, 0.1) is 21.5 Å². The molecule has 0 saturated carbocycles. The first-order chi connectivity index (χ1) is 9.97. The van der Waals surface area contributed by atoms with E-state index in [1.54, 1.807) is 18.2 Å². The highest BCUT2D eigenvalue weighted by atomic mass is 35.5. The third kappa shape index (κ3) is 4.30. The second-order valence-corrected chi connectivity index (χ2v) is 6.27. The summed E-state index contributed by atoms with van der Waals surface area (Å²) < 4.78 is 0. The summed E-state index contributed by atoms with van der Waals surface area (Å²) in [6.07, 6.45) is 0. The predicted molar refractivity (Wildman–Crippen MR) is 91.4 cm³/mol. The molecule has 0 saturated heterocycles. The lowest BCUT2D eigenvalue weighted by Gasteiger charge is -2.09. The molecular weight excluding hydrogens is 327 g/mol. The van der Waals surface area contributed by atoms with Gasteiger partial charge in [-0.3, -0.25) is 4.79 Å². The maximum atomic E-state index is 12.0. The minimum atomic E-state index is -0.139. The molecule has 0 aliphatic heterocycles. The average Bonchev–Trinajstić information content (AvgIpc) is 2.43. The highest BCUT2D eigenvalue weighted by Crippen LogP contribution is 2.30. The number of nitrogen functional groups attached to an aromatic ring is 1. The fourth-order valence-electron chi connectivity index (χ4n) is 1.76. The highest BCUT2D eigenvalue weighted by Gasteiger charge is 2.09. The van der Waals surface area contributed by atoms with Gasteiger partial charge in [0.1, 0.15) is 0 Å². The quantitative estimate of drug-likeness (QED) is 0.630. The molecule has 110 valence electrons. The number of halogens is 2. The Morgan fingerprint density at radius 1 is 1.29 bits per heavy atom. The number of carbonyl (C=O) groups excluding carboxylic acids is 1. The van der Waals surface area contributed by atoms with Crippen molar-refractivity contribution in [1.82, 2.24) is 0 Å². The van der Waals surface area contributed by atoms with Gasteiger partial charge in [-0.05, 0) is 42.8 Å². The lowest BCUT2D eigenvalue weighted by Crippen LogP contribution is -2.14. The van der Waals surface area contributed by atoms with E-state index in [0.717, 1.165) is 10.5 Å². The van der Waals surface area contributed by atoms with Gasteiger partial charge in [0, 0.05) is 10.6 Å². The molecule has 0 atom stereocenters. The molecular formula is C15H14Cl2N2OS. The zero-order valence-electron chi connectivity index (χ0n) is 11.3. The number of carbonyl (C=O) groups is 1.